The van der Waals surface area contributed by atoms with Gasteiger partial charge in [-0.05, 0) is 43.6 Å². The van der Waals surface area contributed by atoms with Gasteiger partial charge in [-0.25, -0.2) is 0 Å². The van der Waals surface area contributed by atoms with Crippen molar-refractivity contribution in [1.82, 2.24) is 10.2 Å². The molecule has 0 saturated carbocycles. The highest BCUT2D eigenvalue weighted by Crippen LogP contribution is 2.20. The Balaban J connectivity index is 1.93. The molecule has 110 valence electrons. The Kier molecular flexibility index (Phi) is 5.26. The van der Waals surface area contributed by atoms with Crippen molar-refractivity contribution < 1.29 is 4.79 Å². The van der Waals surface area contributed by atoms with Crippen molar-refractivity contribution in [2.45, 2.75) is 13.3 Å². The van der Waals surface area contributed by atoms with Crippen molar-refractivity contribution in [2.24, 2.45) is 5.92 Å². The number of anilines is 1. The molecule has 0 spiro atoms. The van der Waals surface area contributed by atoms with Crippen molar-refractivity contribution in [3.05, 3.63) is 28.8 Å². The lowest BCUT2D eigenvalue weighted by Gasteiger charge is -2.15. The molecule has 2 rings (SSSR count). The highest BCUT2D eigenvalue weighted by atomic mass is 35.5. The number of likely N-dealkylation sites (tertiary alicyclic amines) is 1. The number of hydrogen-bond donors (Lipinski definition) is 2. The number of nitrogens with one attached hydrogen (secondary N) is 2. The maximum absolute atomic E-state index is 12.3. The number of hydrogen-bond acceptors (Lipinski definition) is 3. The fourth-order valence-corrected chi connectivity index (χ4v) is 2.79. The lowest BCUT2D eigenvalue weighted by Crippen LogP contribution is -2.31. The van der Waals surface area contributed by atoms with E-state index in [0.717, 1.165) is 38.3 Å². The average Bonchev–Trinajstić information content (AvgIpc) is 2.92. The number of amides is 1. The minimum absolute atomic E-state index is 0.0631. The summed E-state index contributed by atoms with van der Waals surface area (Å²) in [6.45, 7) is 6.20. The number of carbonyl (C=O) groups excluding carboxylic acids is 1. The predicted molar refractivity (Wildman–Crippen MR) is 83.6 cm³/mol. The van der Waals surface area contributed by atoms with Crippen LogP contribution in [-0.4, -0.2) is 44.0 Å². The zero-order valence-corrected chi connectivity index (χ0v) is 12.8. The number of carbonyl (C=O) groups is 1. The first-order chi connectivity index (χ1) is 9.63. The second-order valence-corrected chi connectivity index (χ2v) is 5.63. The topological polar surface area (TPSA) is 44.4 Å². The summed E-state index contributed by atoms with van der Waals surface area (Å²) in [7, 11) is 1.80. The van der Waals surface area contributed by atoms with Crippen LogP contribution in [0, 0.1) is 5.92 Å². The van der Waals surface area contributed by atoms with Gasteiger partial charge in [0.15, 0.2) is 0 Å². The molecule has 1 atom stereocenters. The molecule has 1 fully saturated rings. The van der Waals surface area contributed by atoms with E-state index in [4.69, 9.17) is 11.6 Å². The van der Waals surface area contributed by atoms with Crippen molar-refractivity contribution in [3.63, 3.8) is 0 Å². The Morgan fingerprint density at radius 3 is 2.95 bits per heavy atom. The van der Waals surface area contributed by atoms with E-state index in [1.54, 1.807) is 19.2 Å². The van der Waals surface area contributed by atoms with Crippen molar-refractivity contribution >= 4 is 23.2 Å². The first-order valence-electron chi connectivity index (χ1n) is 7.12. The summed E-state index contributed by atoms with van der Waals surface area (Å²) < 4.78 is 0. The summed E-state index contributed by atoms with van der Waals surface area (Å²) in [5, 5.41) is 6.62. The molecule has 20 heavy (non-hydrogen) atoms. The van der Waals surface area contributed by atoms with Crippen molar-refractivity contribution in [1.29, 1.82) is 0 Å². The monoisotopic (exact) mass is 295 g/mol. The molecule has 5 heteroatoms. The summed E-state index contributed by atoms with van der Waals surface area (Å²) in [6, 6.07) is 5.31. The summed E-state index contributed by atoms with van der Waals surface area (Å²) in [4.78, 5) is 14.7. The van der Waals surface area contributed by atoms with Gasteiger partial charge in [0.25, 0.3) is 5.91 Å². The van der Waals surface area contributed by atoms with Crippen LogP contribution < -0.4 is 10.6 Å². The van der Waals surface area contributed by atoms with Gasteiger partial charge in [-0.2, -0.15) is 0 Å². The Labute approximate surface area is 125 Å². The maximum Gasteiger partial charge on any atom is 0.253 e. The third-order valence-electron chi connectivity index (χ3n) is 3.86. The molecule has 1 saturated heterocycles. The van der Waals surface area contributed by atoms with Gasteiger partial charge in [0.2, 0.25) is 0 Å². The molecular formula is C15H22ClN3O. The molecule has 1 heterocycles. The third-order valence-corrected chi connectivity index (χ3v) is 4.10. The predicted octanol–water partition coefficient (Wildman–Crippen LogP) is 2.45. The normalized spacial score (nSPS) is 19.1. The Morgan fingerprint density at radius 2 is 2.30 bits per heavy atom. The summed E-state index contributed by atoms with van der Waals surface area (Å²) >= 11 is 5.97. The lowest BCUT2D eigenvalue weighted by atomic mass is 10.1. The maximum atomic E-state index is 12.3. The molecule has 1 aromatic carbocycles. The van der Waals surface area contributed by atoms with Gasteiger partial charge in [-0.3, -0.25) is 4.79 Å². The Bertz CT molecular complexity index is 478. The number of benzene rings is 1. The van der Waals surface area contributed by atoms with Crippen LogP contribution in [0.25, 0.3) is 0 Å². The standard InChI is InChI=1S/C15H22ClN3O/c1-3-19-7-6-11(10-19)9-18-15(20)13-8-12(16)4-5-14(13)17-2/h4-5,8,11,17H,3,6-7,9-10H2,1-2H3,(H,18,20). The smallest absolute Gasteiger partial charge is 0.253 e. The van der Waals surface area contributed by atoms with Crippen LogP contribution in [0.15, 0.2) is 18.2 Å². The second-order valence-electron chi connectivity index (χ2n) is 5.20. The fourth-order valence-electron chi connectivity index (χ4n) is 2.62. The van der Waals surface area contributed by atoms with E-state index in [1.165, 1.54) is 0 Å². The van der Waals surface area contributed by atoms with E-state index < -0.39 is 0 Å². The van der Waals surface area contributed by atoms with Crippen LogP contribution in [0.4, 0.5) is 5.69 Å². The van der Waals surface area contributed by atoms with Crippen LogP contribution in [-0.2, 0) is 0 Å². The Hall–Kier alpha value is -1.26. The zero-order chi connectivity index (χ0) is 14.5. The molecular weight excluding hydrogens is 274 g/mol. The van der Waals surface area contributed by atoms with Gasteiger partial charge in [-0.1, -0.05) is 18.5 Å². The SMILES string of the molecule is CCN1CCC(CNC(=O)c2cc(Cl)ccc2NC)C1. The molecule has 4 nitrogen and oxygen atoms in total. The molecule has 1 aliphatic rings. The van der Waals surface area contributed by atoms with Crippen LogP contribution >= 0.6 is 11.6 Å². The first kappa shape index (κ1) is 15.1. The fraction of sp³-hybridized carbons (Fsp3) is 0.533. The number of rotatable bonds is 5. The summed E-state index contributed by atoms with van der Waals surface area (Å²) in [6.07, 6.45) is 1.16. The average molecular weight is 296 g/mol. The quantitative estimate of drug-likeness (QED) is 0.877. The molecule has 0 bridgehead atoms. The van der Waals surface area contributed by atoms with E-state index in [9.17, 15) is 4.79 Å². The molecule has 1 unspecified atom stereocenters. The molecule has 1 amide bonds. The van der Waals surface area contributed by atoms with Gasteiger partial charge in [0, 0.05) is 30.8 Å². The number of nitrogens with zero attached hydrogens (tertiary/aromatic N) is 1. The van der Waals surface area contributed by atoms with E-state index in [2.05, 4.69) is 22.5 Å². The summed E-state index contributed by atoms with van der Waals surface area (Å²) in [5.74, 6) is 0.489. The molecule has 0 aliphatic carbocycles. The number of halogens is 1. The van der Waals surface area contributed by atoms with Crippen LogP contribution in [0.3, 0.4) is 0 Å². The van der Waals surface area contributed by atoms with Gasteiger partial charge in [0.1, 0.15) is 0 Å². The molecule has 1 aliphatic heterocycles. The van der Waals surface area contributed by atoms with Gasteiger partial charge >= 0.3 is 0 Å². The van der Waals surface area contributed by atoms with E-state index in [-0.39, 0.29) is 5.91 Å². The molecule has 0 aromatic heterocycles. The van der Waals surface area contributed by atoms with Gasteiger partial charge in [-0.15, -0.1) is 0 Å². The Morgan fingerprint density at radius 1 is 1.50 bits per heavy atom. The first-order valence-corrected chi connectivity index (χ1v) is 7.49. The van der Waals surface area contributed by atoms with Gasteiger partial charge < -0.3 is 15.5 Å². The van der Waals surface area contributed by atoms with Crippen molar-refractivity contribution in [3.8, 4) is 0 Å². The lowest BCUT2D eigenvalue weighted by molar-refractivity contribution is 0.0948. The highest BCUT2D eigenvalue weighted by molar-refractivity contribution is 6.31. The van der Waals surface area contributed by atoms with Crippen LogP contribution in [0.5, 0.6) is 0 Å². The van der Waals surface area contributed by atoms with Crippen LogP contribution in [0.2, 0.25) is 5.02 Å². The molecule has 1 aromatic rings. The minimum Gasteiger partial charge on any atom is -0.387 e. The second kappa shape index (κ2) is 6.95. The van der Waals surface area contributed by atoms with E-state index >= 15 is 0 Å². The third kappa shape index (κ3) is 3.64. The van der Waals surface area contributed by atoms with Crippen molar-refractivity contribution in [2.75, 3.05) is 38.5 Å². The van der Waals surface area contributed by atoms with Gasteiger partial charge in [0.05, 0.1) is 5.56 Å². The molecule has 2 N–H and O–H groups in total. The highest BCUT2D eigenvalue weighted by Gasteiger charge is 2.22. The van der Waals surface area contributed by atoms with Crippen LogP contribution in [0.1, 0.15) is 23.7 Å². The van der Waals surface area contributed by atoms with E-state index in [0.29, 0.717) is 16.5 Å². The minimum atomic E-state index is -0.0631. The largest absolute Gasteiger partial charge is 0.387 e. The molecule has 0 radical (unpaired) electrons. The van der Waals surface area contributed by atoms with E-state index in [1.807, 2.05) is 6.07 Å². The zero-order valence-electron chi connectivity index (χ0n) is 12.1. The summed E-state index contributed by atoms with van der Waals surface area (Å²) in [5.41, 5.74) is 1.40.